The minimum Gasteiger partial charge on any atom is -0.354 e. The molecule has 0 aromatic carbocycles. The summed E-state index contributed by atoms with van der Waals surface area (Å²) in [6.07, 6.45) is 0.946. The van der Waals surface area contributed by atoms with Gasteiger partial charge in [0.2, 0.25) is 0 Å². The summed E-state index contributed by atoms with van der Waals surface area (Å²) in [5.41, 5.74) is 2.27. The number of nitrogens with two attached hydrogens (primary N) is 1. The van der Waals surface area contributed by atoms with Crippen LogP contribution >= 0.6 is 23.7 Å². The zero-order valence-electron chi connectivity index (χ0n) is 15.3. The van der Waals surface area contributed by atoms with Crippen molar-refractivity contribution in [2.45, 2.75) is 45.1 Å². The predicted octanol–water partition coefficient (Wildman–Crippen LogP) is 3.56. The van der Waals surface area contributed by atoms with E-state index in [4.69, 9.17) is 16.7 Å². The van der Waals surface area contributed by atoms with Gasteiger partial charge in [0, 0.05) is 36.7 Å². The summed E-state index contributed by atoms with van der Waals surface area (Å²) < 4.78 is 28.7. The van der Waals surface area contributed by atoms with Gasteiger partial charge in [-0.3, -0.25) is 5.14 Å². The lowest BCUT2D eigenvalue weighted by Crippen LogP contribution is -2.66. The van der Waals surface area contributed by atoms with Gasteiger partial charge in [-0.25, -0.2) is 22.6 Å². The fraction of sp³-hybridized carbons (Fsp3) is 0.647. The normalized spacial score (nSPS) is 19.5. The average molecular weight is 417 g/mol. The van der Waals surface area contributed by atoms with Crippen molar-refractivity contribution in [2.24, 2.45) is 10.6 Å². The number of aromatic nitrogens is 3. The maximum Gasteiger partial charge on any atom is 0.252 e. The van der Waals surface area contributed by atoms with Crippen LogP contribution in [-0.2, 0) is 0 Å². The summed E-state index contributed by atoms with van der Waals surface area (Å²) in [6, 6.07) is 2.07. The molecule has 6 nitrogen and oxygen atoms in total. The van der Waals surface area contributed by atoms with Gasteiger partial charge < -0.3 is 4.90 Å². The van der Waals surface area contributed by atoms with Crippen molar-refractivity contribution in [3.05, 3.63) is 23.1 Å². The average Bonchev–Trinajstić information content (AvgIpc) is 2.89. The maximum absolute atomic E-state index is 12.7. The lowest BCUT2D eigenvalue weighted by Gasteiger charge is -2.61. The second kappa shape index (κ2) is 7.02. The van der Waals surface area contributed by atoms with E-state index in [-0.39, 0.29) is 18.0 Å². The molecule has 1 saturated heterocycles. The lowest BCUT2D eigenvalue weighted by atomic mass is 9.60. The van der Waals surface area contributed by atoms with Crippen molar-refractivity contribution >= 4 is 35.1 Å². The van der Waals surface area contributed by atoms with Gasteiger partial charge in [0.05, 0.1) is 6.54 Å². The molecule has 2 N–H and O–H groups in total. The molecule has 27 heavy (non-hydrogen) atoms. The van der Waals surface area contributed by atoms with Crippen LogP contribution in [0.2, 0.25) is 5.15 Å². The molecule has 1 aliphatic carbocycles. The third kappa shape index (κ3) is 3.28. The van der Waals surface area contributed by atoms with Crippen LogP contribution in [0.3, 0.4) is 0 Å². The van der Waals surface area contributed by atoms with E-state index >= 15 is 0 Å². The summed E-state index contributed by atoms with van der Waals surface area (Å²) in [6.45, 7) is 5.71. The second-order valence-electron chi connectivity index (χ2n) is 7.94. The molecule has 2 aliphatic rings. The molecule has 1 saturated carbocycles. The number of hydrogen-bond acceptors (Lipinski definition) is 6. The molecule has 2 aromatic heterocycles. The topological polar surface area (TPSA) is 62.7 Å². The zero-order chi connectivity index (χ0) is 19.3. The first-order valence-corrected chi connectivity index (χ1v) is 10.2. The smallest absolute Gasteiger partial charge is 0.252 e. The summed E-state index contributed by atoms with van der Waals surface area (Å²) >= 11 is 7.26. The number of fused-ring (bicyclic) bond motifs is 1. The van der Waals surface area contributed by atoms with Crippen molar-refractivity contribution in [3.63, 3.8) is 0 Å². The Morgan fingerprint density at radius 2 is 2.11 bits per heavy atom. The third-order valence-electron chi connectivity index (χ3n) is 5.69. The highest BCUT2D eigenvalue weighted by atomic mass is 35.5. The Balaban J connectivity index is 1.48. The van der Waals surface area contributed by atoms with E-state index in [2.05, 4.69) is 28.8 Å². The Hall–Kier alpha value is -1.16. The molecule has 1 spiro atoms. The number of rotatable bonds is 6. The van der Waals surface area contributed by atoms with Crippen molar-refractivity contribution in [1.82, 2.24) is 18.9 Å². The highest BCUT2D eigenvalue weighted by molar-refractivity contribution is 7.94. The van der Waals surface area contributed by atoms with E-state index in [1.807, 2.05) is 6.07 Å². The summed E-state index contributed by atoms with van der Waals surface area (Å²) in [4.78, 5) is 6.76. The molecule has 2 fully saturated rings. The molecule has 0 amide bonds. The van der Waals surface area contributed by atoms with E-state index in [0.29, 0.717) is 11.1 Å². The Labute approximate surface area is 166 Å². The molecule has 2 aromatic rings. The van der Waals surface area contributed by atoms with E-state index in [0.717, 1.165) is 55.0 Å². The number of anilines is 1. The van der Waals surface area contributed by atoms with Gasteiger partial charge in [-0.2, -0.15) is 5.10 Å². The van der Waals surface area contributed by atoms with Crippen LogP contribution in [0.25, 0.3) is 5.52 Å². The van der Waals surface area contributed by atoms with Gasteiger partial charge in [-0.15, -0.1) is 0 Å². The van der Waals surface area contributed by atoms with Gasteiger partial charge in [0.25, 0.3) is 6.43 Å². The van der Waals surface area contributed by atoms with Crippen molar-refractivity contribution in [3.8, 4) is 0 Å². The van der Waals surface area contributed by atoms with Crippen LogP contribution in [0.5, 0.6) is 0 Å². The molecular formula is C17H23ClF2N6S. The first-order valence-electron chi connectivity index (χ1n) is 9.02. The zero-order valence-corrected chi connectivity index (χ0v) is 16.9. The monoisotopic (exact) mass is 416 g/mol. The van der Waals surface area contributed by atoms with Gasteiger partial charge in [-0.05, 0) is 30.4 Å². The number of alkyl halides is 2. The fourth-order valence-electron chi connectivity index (χ4n) is 4.42. The maximum atomic E-state index is 12.7. The molecule has 148 valence electrons. The van der Waals surface area contributed by atoms with Crippen LogP contribution < -0.4 is 10.0 Å². The molecular weight excluding hydrogens is 394 g/mol. The first-order chi connectivity index (χ1) is 12.8. The lowest BCUT2D eigenvalue weighted by molar-refractivity contribution is -0.000236. The van der Waals surface area contributed by atoms with Crippen molar-refractivity contribution < 1.29 is 8.78 Å². The Kier molecular flexibility index (Phi) is 4.99. The van der Waals surface area contributed by atoms with Crippen LogP contribution in [0.15, 0.2) is 12.4 Å². The summed E-state index contributed by atoms with van der Waals surface area (Å²) in [7, 11) is 0. The minimum atomic E-state index is -2.36. The van der Waals surface area contributed by atoms with Crippen LogP contribution in [-0.4, -0.2) is 51.0 Å². The SMILES string of the molecule is CC(C)c1cc(Cl)n2ncnc(N3CC4(CC(N(CC(F)F)SN)C4)C3)c12. The molecule has 4 rings (SSSR count). The quantitative estimate of drug-likeness (QED) is 0.726. The third-order valence-corrected chi connectivity index (χ3v) is 6.68. The molecule has 3 heterocycles. The highest BCUT2D eigenvalue weighted by Gasteiger charge is 2.54. The predicted molar refractivity (Wildman–Crippen MR) is 104 cm³/mol. The van der Waals surface area contributed by atoms with Gasteiger partial charge in [0.1, 0.15) is 17.0 Å². The second-order valence-corrected chi connectivity index (χ2v) is 9.00. The number of hydrogen-bond donors (Lipinski definition) is 1. The fourth-order valence-corrected chi connectivity index (χ4v) is 5.18. The van der Waals surface area contributed by atoms with E-state index in [1.165, 1.54) is 6.33 Å². The molecule has 1 aliphatic heterocycles. The Morgan fingerprint density at radius 1 is 1.41 bits per heavy atom. The molecule has 0 unspecified atom stereocenters. The van der Waals surface area contributed by atoms with Gasteiger partial charge >= 0.3 is 0 Å². The number of nitrogens with zero attached hydrogens (tertiary/aromatic N) is 5. The van der Waals surface area contributed by atoms with Crippen molar-refractivity contribution in [1.29, 1.82) is 0 Å². The summed E-state index contributed by atoms with van der Waals surface area (Å²) in [5, 5.41) is 10.4. The van der Waals surface area contributed by atoms with E-state index in [9.17, 15) is 8.78 Å². The highest BCUT2D eigenvalue weighted by Crippen LogP contribution is 2.52. The van der Waals surface area contributed by atoms with Crippen LogP contribution in [0.1, 0.15) is 38.2 Å². The molecule has 10 heteroatoms. The minimum absolute atomic E-state index is 0.121. The van der Waals surface area contributed by atoms with Crippen LogP contribution in [0, 0.1) is 5.41 Å². The van der Waals surface area contributed by atoms with Gasteiger partial charge in [0.15, 0.2) is 5.82 Å². The van der Waals surface area contributed by atoms with E-state index in [1.54, 1.807) is 8.82 Å². The van der Waals surface area contributed by atoms with E-state index < -0.39 is 6.43 Å². The van der Waals surface area contributed by atoms with Crippen LogP contribution in [0.4, 0.5) is 14.6 Å². The molecule has 0 atom stereocenters. The summed E-state index contributed by atoms with van der Waals surface area (Å²) in [5.74, 6) is 1.21. The molecule has 0 radical (unpaired) electrons. The Morgan fingerprint density at radius 3 is 2.70 bits per heavy atom. The van der Waals surface area contributed by atoms with Gasteiger partial charge in [-0.1, -0.05) is 25.4 Å². The molecule has 0 bridgehead atoms. The largest absolute Gasteiger partial charge is 0.354 e. The van der Waals surface area contributed by atoms with Crippen molar-refractivity contribution in [2.75, 3.05) is 24.5 Å². The standard InChI is InChI=1S/C17H23ClF2N6S/c1-10(2)12-3-13(18)26-15(12)16(22-9-23-26)24-7-17(8-24)4-11(5-17)25(27-21)6-14(19)20/h3,9-11,14H,4-8,21H2,1-2H3. The number of halogens is 3. The Bertz CT molecular complexity index is 830. The first kappa shape index (κ1) is 19.2.